The molecule has 2 atom stereocenters. The van der Waals surface area contributed by atoms with Crippen LogP contribution in [0.1, 0.15) is 31.9 Å². The van der Waals surface area contributed by atoms with Gasteiger partial charge < -0.3 is 10.6 Å². The number of hydrogen-bond donors (Lipinski definition) is 2. The van der Waals surface area contributed by atoms with Crippen molar-refractivity contribution in [2.24, 2.45) is 0 Å². The van der Waals surface area contributed by atoms with Crippen molar-refractivity contribution in [3.05, 3.63) is 29.8 Å². The lowest BCUT2D eigenvalue weighted by molar-refractivity contribution is -0.143. The van der Waals surface area contributed by atoms with E-state index in [4.69, 9.17) is 0 Å². The second kappa shape index (κ2) is 7.31. The second-order valence-corrected chi connectivity index (χ2v) is 6.03. The zero-order chi connectivity index (χ0) is 17.0. The molecule has 0 unspecified atom stereocenters. The second-order valence-electron chi connectivity index (χ2n) is 6.03. The topological polar surface area (TPSA) is 44.4 Å². The maximum absolute atomic E-state index is 12.4. The number of benzene rings is 1. The molecule has 1 heterocycles. The largest absolute Gasteiger partial charge is 0.401 e. The zero-order valence-electron chi connectivity index (χ0n) is 13.3. The fourth-order valence-electron chi connectivity index (χ4n) is 2.90. The van der Waals surface area contributed by atoms with E-state index >= 15 is 0 Å². The van der Waals surface area contributed by atoms with Gasteiger partial charge in [0.2, 0.25) is 5.91 Å². The van der Waals surface area contributed by atoms with Gasteiger partial charge in [-0.2, -0.15) is 13.2 Å². The Hall–Kier alpha value is -1.60. The molecule has 0 aliphatic carbocycles. The maximum Gasteiger partial charge on any atom is 0.401 e. The van der Waals surface area contributed by atoms with Gasteiger partial charge in [0.25, 0.3) is 0 Å². The summed E-state index contributed by atoms with van der Waals surface area (Å²) in [6, 6.07) is 7.51. The van der Waals surface area contributed by atoms with E-state index < -0.39 is 12.7 Å². The highest BCUT2D eigenvalue weighted by atomic mass is 19.4. The molecule has 0 saturated carbocycles. The fourth-order valence-corrected chi connectivity index (χ4v) is 2.90. The molecule has 1 aliphatic heterocycles. The molecule has 128 valence electrons. The van der Waals surface area contributed by atoms with Crippen LogP contribution in [0.15, 0.2) is 24.3 Å². The van der Waals surface area contributed by atoms with E-state index in [1.165, 1.54) is 11.8 Å². The molecule has 2 rings (SSSR count). The minimum atomic E-state index is -4.15. The van der Waals surface area contributed by atoms with Crippen LogP contribution in [0.25, 0.3) is 0 Å². The van der Waals surface area contributed by atoms with Gasteiger partial charge in [-0.15, -0.1) is 0 Å². The number of amides is 1. The number of anilines is 1. The fraction of sp³-hybridized carbons (Fsp3) is 0.562. The number of halogens is 3. The van der Waals surface area contributed by atoms with Crippen LogP contribution < -0.4 is 10.6 Å². The molecule has 0 radical (unpaired) electrons. The average Bonchev–Trinajstić information content (AvgIpc) is 2.83. The predicted octanol–water partition coefficient (Wildman–Crippen LogP) is 2.93. The Labute approximate surface area is 134 Å². The number of rotatable bonds is 5. The van der Waals surface area contributed by atoms with Crippen LogP contribution in [0.2, 0.25) is 0 Å². The lowest BCUT2D eigenvalue weighted by Crippen LogP contribution is -2.37. The van der Waals surface area contributed by atoms with Gasteiger partial charge in [-0.1, -0.05) is 12.1 Å². The third-order valence-corrected chi connectivity index (χ3v) is 3.87. The molecule has 1 fully saturated rings. The van der Waals surface area contributed by atoms with E-state index in [0.29, 0.717) is 25.2 Å². The number of likely N-dealkylation sites (tertiary alicyclic amines) is 1. The summed E-state index contributed by atoms with van der Waals surface area (Å²) in [4.78, 5) is 12.5. The Bertz CT molecular complexity index is 548. The molecule has 1 saturated heterocycles. The molecule has 23 heavy (non-hydrogen) atoms. The summed E-state index contributed by atoms with van der Waals surface area (Å²) in [5.74, 6) is -0.138. The van der Waals surface area contributed by atoms with E-state index in [9.17, 15) is 18.0 Å². The molecule has 1 amide bonds. The third-order valence-electron chi connectivity index (χ3n) is 3.87. The third kappa shape index (κ3) is 5.84. The van der Waals surface area contributed by atoms with Crippen molar-refractivity contribution in [2.75, 3.05) is 25.0 Å². The lowest BCUT2D eigenvalue weighted by atomic mass is 10.1. The summed E-state index contributed by atoms with van der Waals surface area (Å²) in [6.45, 7) is 3.42. The minimum Gasteiger partial charge on any atom is -0.326 e. The van der Waals surface area contributed by atoms with E-state index in [0.717, 1.165) is 5.56 Å². The van der Waals surface area contributed by atoms with Gasteiger partial charge in [0, 0.05) is 37.8 Å². The Balaban J connectivity index is 1.90. The molecule has 7 heteroatoms. The Morgan fingerprint density at radius 3 is 2.83 bits per heavy atom. The van der Waals surface area contributed by atoms with Gasteiger partial charge in [0.1, 0.15) is 0 Å². The number of nitrogens with zero attached hydrogens (tertiary/aromatic N) is 1. The van der Waals surface area contributed by atoms with Gasteiger partial charge in [0.15, 0.2) is 0 Å². The molecule has 0 bridgehead atoms. The Morgan fingerprint density at radius 1 is 1.43 bits per heavy atom. The van der Waals surface area contributed by atoms with Crippen molar-refractivity contribution in [1.29, 1.82) is 0 Å². The van der Waals surface area contributed by atoms with Gasteiger partial charge >= 0.3 is 6.18 Å². The molecule has 0 spiro atoms. The van der Waals surface area contributed by atoms with Crippen molar-refractivity contribution in [3.63, 3.8) is 0 Å². The zero-order valence-corrected chi connectivity index (χ0v) is 13.3. The SMILES string of the molecule is CC(=O)Nc1cccc([C@H](C)N[C@H]2CCN(CC(F)(F)F)C2)c1. The van der Waals surface area contributed by atoms with Crippen LogP contribution in [-0.2, 0) is 4.79 Å². The molecule has 1 aromatic rings. The summed E-state index contributed by atoms with van der Waals surface area (Å²) in [6.07, 6.45) is -3.45. The van der Waals surface area contributed by atoms with Gasteiger partial charge in [0.05, 0.1) is 6.54 Å². The van der Waals surface area contributed by atoms with Crippen molar-refractivity contribution < 1.29 is 18.0 Å². The number of carbonyl (C=O) groups excluding carboxylic acids is 1. The van der Waals surface area contributed by atoms with E-state index in [1.807, 2.05) is 25.1 Å². The van der Waals surface area contributed by atoms with Crippen LogP contribution in [-0.4, -0.2) is 42.7 Å². The highest BCUT2D eigenvalue weighted by Gasteiger charge is 2.34. The quantitative estimate of drug-likeness (QED) is 0.873. The van der Waals surface area contributed by atoms with Crippen LogP contribution in [0, 0.1) is 0 Å². The van der Waals surface area contributed by atoms with Crippen LogP contribution in [0.4, 0.5) is 18.9 Å². The maximum atomic E-state index is 12.4. The Kier molecular flexibility index (Phi) is 5.64. The molecule has 0 aromatic heterocycles. The Morgan fingerprint density at radius 2 is 2.17 bits per heavy atom. The number of nitrogens with one attached hydrogen (secondary N) is 2. The molecular weight excluding hydrogens is 307 g/mol. The number of hydrogen-bond acceptors (Lipinski definition) is 3. The van der Waals surface area contributed by atoms with Crippen molar-refractivity contribution in [2.45, 2.75) is 38.5 Å². The van der Waals surface area contributed by atoms with E-state index in [1.54, 1.807) is 6.07 Å². The van der Waals surface area contributed by atoms with Crippen molar-refractivity contribution in [1.82, 2.24) is 10.2 Å². The summed E-state index contributed by atoms with van der Waals surface area (Å²) in [5.41, 5.74) is 1.71. The summed E-state index contributed by atoms with van der Waals surface area (Å²) in [7, 11) is 0. The first-order valence-corrected chi connectivity index (χ1v) is 7.65. The average molecular weight is 329 g/mol. The summed E-state index contributed by atoms with van der Waals surface area (Å²) in [5, 5.41) is 6.10. The van der Waals surface area contributed by atoms with Crippen LogP contribution >= 0.6 is 0 Å². The molecule has 2 N–H and O–H groups in total. The summed E-state index contributed by atoms with van der Waals surface area (Å²) < 4.78 is 37.2. The first-order chi connectivity index (χ1) is 10.7. The molecule has 4 nitrogen and oxygen atoms in total. The van der Waals surface area contributed by atoms with Crippen molar-refractivity contribution >= 4 is 11.6 Å². The lowest BCUT2D eigenvalue weighted by Gasteiger charge is -2.22. The smallest absolute Gasteiger partial charge is 0.326 e. The van der Waals surface area contributed by atoms with Crippen molar-refractivity contribution in [3.8, 4) is 0 Å². The predicted molar refractivity (Wildman–Crippen MR) is 83.2 cm³/mol. The van der Waals surface area contributed by atoms with Gasteiger partial charge in [-0.05, 0) is 31.0 Å². The standard InChI is InChI=1S/C16H22F3N3O/c1-11(13-4-3-5-14(8-13)21-12(2)23)20-15-6-7-22(9-15)10-16(17,18)19/h3-5,8,11,15,20H,6-7,9-10H2,1-2H3,(H,21,23)/t11-,15-/m0/s1. The normalized spacial score (nSPS) is 20.5. The van der Waals surface area contributed by atoms with Crippen LogP contribution in [0.3, 0.4) is 0 Å². The molecule has 1 aromatic carbocycles. The van der Waals surface area contributed by atoms with Crippen LogP contribution in [0.5, 0.6) is 0 Å². The number of carbonyl (C=O) groups is 1. The minimum absolute atomic E-state index is 0.000421. The van der Waals surface area contributed by atoms with Gasteiger partial charge in [-0.3, -0.25) is 9.69 Å². The first-order valence-electron chi connectivity index (χ1n) is 7.65. The van der Waals surface area contributed by atoms with Gasteiger partial charge in [-0.25, -0.2) is 0 Å². The van der Waals surface area contributed by atoms with E-state index in [-0.39, 0.29) is 18.0 Å². The molecular formula is C16H22F3N3O. The monoisotopic (exact) mass is 329 g/mol. The highest BCUT2D eigenvalue weighted by Crippen LogP contribution is 2.22. The molecule has 1 aliphatic rings. The summed E-state index contributed by atoms with van der Waals surface area (Å²) >= 11 is 0. The first kappa shape index (κ1) is 17.7. The number of alkyl halides is 3. The highest BCUT2D eigenvalue weighted by molar-refractivity contribution is 5.88. The van der Waals surface area contributed by atoms with E-state index in [2.05, 4.69) is 10.6 Å².